The van der Waals surface area contributed by atoms with Crippen LogP contribution < -0.4 is 32.6 Å². The lowest BCUT2D eigenvalue weighted by atomic mass is 9.94. The fraction of sp³-hybridized carbons (Fsp3) is 0.273. The summed E-state index contributed by atoms with van der Waals surface area (Å²) in [5.74, 6) is 10.6. The summed E-state index contributed by atoms with van der Waals surface area (Å²) < 4.78 is 89.5. The van der Waals surface area contributed by atoms with E-state index >= 15 is 0 Å². The average molecular weight is 658 g/mol. The molecule has 3 rings (SSSR count). The van der Waals surface area contributed by atoms with Crippen molar-refractivity contribution in [3.63, 3.8) is 0 Å². The van der Waals surface area contributed by atoms with E-state index in [1.54, 1.807) is 0 Å². The Kier molecular flexibility index (Phi) is 12.5. The molecule has 3 aromatic rings. The van der Waals surface area contributed by atoms with Crippen molar-refractivity contribution in [3.8, 4) is 51.7 Å². The van der Waals surface area contributed by atoms with Gasteiger partial charge < -0.3 is 32.6 Å². The van der Waals surface area contributed by atoms with Gasteiger partial charge >= 0.3 is 12.4 Å². The third-order valence-electron chi connectivity index (χ3n) is 6.30. The second kappa shape index (κ2) is 16.3. The number of nitrogens with one attached hydrogen (secondary N) is 4. The summed E-state index contributed by atoms with van der Waals surface area (Å²) in [6.07, 6.45) is -8.56. The number of benzene rings is 3. The van der Waals surface area contributed by atoms with Gasteiger partial charge in [0.1, 0.15) is 5.75 Å². The van der Waals surface area contributed by atoms with Gasteiger partial charge in [0.25, 0.3) is 0 Å². The van der Waals surface area contributed by atoms with E-state index in [1.165, 1.54) is 30.3 Å². The molecule has 0 saturated carbocycles. The summed E-state index contributed by atoms with van der Waals surface area (Å²) in [5, 5.41) is 19.6. The maximum atomic E-state index is 14.0. The van der Waals surface area contributed by atoms with Crippen LogP contribution in [0.5, 0.6) is 5.75 Å². The number of hydrogen-bond acceptors (Lipinski definition) is 4. The van der Waals surface area contributed by atoms with E-state index in [9.17, 15) is 26.3 Å². The number of ether oxygens (including phenoxy) is 1. The normalized spacial score (nSPS) is 11.0. The van der Waals surface area contributed by atoms with Crippen LogP contribution in [0.4, 0.5) is 26.3 Å². The van der Waals surface area contributed by atoms with Gasteiger partial charge in [0.15, 0.2) is 11.9 Å². The lowest BCUT2D eigenvalue weighted by molar-refractivity contribution is -0.138. The maximum absolute atomic E-state index is 14.0. The number of rotatable bonds is 10. The largest absolute Gasteiger partial charge is 0.493 e. The van der Waals surface area contributed by atoms with Crippen molar-refractivity contribution in [1.82, 2.24) is 10.6 Å². The molecule has 8 nitrogen and oxygen atoms in total. The van der Waals surface area contributed by atoms with E-state index in [-0.39, 0.29) is 83.6 Å². The first-order valence-corrected chi connectivity index (χ1v) is 14.2. The van der Waals surface area contributed by atoms with Gasteiger partial charge in [-0.3, -0.25) is 10.8 Å². The van der Waals surface area contributed by atoms with Gasteiger partial charge in [-0.15, -0.1) is 0 Å². The molecular formula is C33H33F6N7O. The Morgan fingerprint density at radius 3 is 1.60 bits per heavy atom. The Balaban J connectivity index is 2.17. The molecule has 10 N–H and O–H groups in total. The third kappa shape index (κ3) is 11.8. The van der Waals surface area contributed by atoms with E-state index in [4.69, 9.17) is 32.8 Å². The molecule has 47 heavy (non-hydrogen) atoms. The Bertz CT molecular complexity index is 1710. The number of halogens is 6. The summed E-state index contributed by atoms with van der Waals surface area (Å²) in [5.41, 5.74) is 14.9. The molecule has 3 aromatic carbocycles. The SMILES string of the molecule is N=C(N)NCCC#Cc1cc(-c2cc(OCCCNC(=N)N)cc(-c3cc(C#CCCN)cc(C(F)(F)F)c3)c2)cc(C(F)(F)F)c1. The van der Waals surface area contributed by atoms with Crippen molar-refractivity contribution in [2.24, 2.45) is 17.2 Å². The quantitative estimate of drug-likeness (QED) is 0.0520. The van der Waals surface area contributed by atoms with E-state index in [0.717, 1.165) is 24.3 Å². The van der Waals surface area contributed by atoms with Gasteiger partial charge in [0, 0.05) is 43.6 Å². The van der Waals surface area contributed by atoms with E-state index in [2.05, 4.69) is 34.3 Å². The molecule has 0 bridgehead atoms. The monoisotopic (exact) mass is 657 g/mol. The Labute approximate surface area is 268 Å². The van der Waals surface area contributed by atoms with Crippen LogP contribution in [-0.4, -0.2) is 38.2 Å². The molecule has 0 aliphatic rings. The number of alkyl halides is 6. The predicted molar refractivity (Wildman–Crippen MR) is 169 cm³/mol. The first kappa shape index (κ1) is 36.1. The van der Waals surface area contributed by atoms with E-state index < -0.39 is 23.5 Å². The second-order valence-corrected chi connectivity index (χ2v) is 10.1. The summed E-state index contributed by atoms with van der Waals surface area (Å²) in [4.78, 5) is 0. The molecule has 248 valence electrons. The molecule has 0 radical (unpaired) electrons. The van der Waals surface area contributed by atoms with Crippen molar-refractivity contribution in [3.05, 3.63) is 76.9 Å². The van der Waals surface area contributed by atoms with Crippen LogP contribution in [0.3, 0.4) is 0 Å². The first-order valence-electron chi connectivity index (χ1n) is 14.2. The van der Waals surface area contributed by atoms with Crippen LogP contribution in [0.1, 0.15) is 41.5 Å². The zero-order chi connectivity index (χ0) is 34.6. The highest BCUT2D eigenvalue weighted by atomic mass is 19.4. The van der Waals surface area contributed by atoms with Gasteiger partial charge in [0.05, 0.1) is 17.7 Å². The molecule has 0 spiro atoms. The fourth-order valence-electron chi connectivity index (χ4n) is 4.22. The van der Waals surface area contributed by atoms with Crippen LogP contribution in [-0.2, 0) is 12.4 Å². The molecule has 0 amide bonds. The molecule has 0 heterocycles. The van der Waals surface area contributed by atoms with Gasteiger partial charge in [-0.1, -0.05) is 23.7 Å². The molecule has 0 aliphatic heterocycles. The summed E-state index contributed by atoms with van der Waals surface area (Å²) in [6.45, 7) is 0.851. The van der Waals surface area contributed by atoms with Gasteiger partial charge in [-0.25, -0.2) is 0 Å². The van der Waals surface area contributed by atoms with Crippen LogP contribution in [0.15, 0.2) is 54.6 Å². The highest BCUT2D eigenvalue weighted by molar-refractivity contribution is 5.78. The van der Waals surface area contributed by atoms with E-state index in [1.807, 2.05) is 0 Å². The molecule has 0 aromatic heterocycles. The summed E-state index contributed by atoms with van der Waals surface area (Å²) in [7, 11) is 0. The molecule has 0 atom stereocenters. The van der Waals surface area contributed by atoms with Crippen molar-refractivity contribution < 1.29 is 31.1 Å². The molecule has 0 unspecified atom stereocenters. The minimum absolute atomic E-state index is 0.0531. The molecule has 0 aliphatic carbocycles. The lowest BCUT2D eigenvalue weighted by Crippen LogP contribution is -2.31. The standard InChI is InChI=1S/C33H33F6N7O/c34-32(35,36)27-14-21(6-1-3-8-40)12-23(17-27)25-16-26(20-29(19-25)47-11-5-10-46-31(43)44)24-13-22(7-2-4-9-45-30(41)42)15-28(18-24)33(37,38)39/h12-20H,3-5,8-11,40H2,(H4,41,42,45)(H4,43,44,46). The zero-order valence-corrected chi connectivity index (χ0v) is 25.1. The first-order chi connectivity index (χ1) is 22.2. The van der Waals surface area contributed by atoms with Gasteiger partial charge in [0.2, 0.25) is 0 Å². The topological polar surface area (TPSA) is 159 Å². The lowest BCUT2D eigenvalue weighted by Gasteiger charge is -2.16. The van der Waals surface area contributed by atoms with Gasteiger partial charge in [-0.05, 0) is 83.3 Å². The zero-order valence-electron chi connectivity index (χ0n) is 25.1. The molecule has 14 heteroatoms. The third-order valence-corrected chi connectivity index (χ3v) is 6.30. The molecule has 0 fully saturated rings. The smallest absolute Gasteiger partial charge is 0.416 e. The van der Waals surface area contributed by atoms with Crippen LogP contribution in [0.25, 0.3) is 22.3 Å². The summed E-state index contributed by atoms with van der Waals surface area (Å²) >= 11 is 0. The molecular weight excluding hydrogens is 624 g/mol. The second-order valence-electron chi connectivity index (χ2n) is 10.1. The Morgan fingerprint density at radius 2 is 1.13 bits per heavy atom. The minimum atomic E-state index is -4.72. The van der Waals surface area contributed by atoms with Crippen molar-refractivity contribution in [2.45, 2.75) is 31.6 Å². The predicted octanol–water partition coefficient (Wildman–Crippen LogP) is 5.24. The van der Waals surface area contributed by atoms with Crippen molar-refractivity contribution in [1.29, 1.82) is 10.8 Å². The minimum Gasteiger partial charge on any atom is -0.493 e. The number of hydrogen-bond donors (Lipinski definition) is 7. The maximum Gasteiger partial charge on any atom is 0.416 e. The Hall–Kier alpha value is -5.34. The highest BCUT2D eigenvalue weighted by Crippen LogP contribution is 2.38. The van der Waals surface area contributed by atoms with Crippen LogP contribution in [0, 0.1) is 34.5 Å². The number of nitrogens with two attached hydrogens (primary N) is 3. The number of guanidine groups is 2. The van der Waals surface area contributed by atoms with Gasteiger partial charge in [-0.2, -0.15) is 26.3 Å². The van der Waals surface area contributed by atoms with Crippen molar-refractivity contribution in [2.75, 3.05) is 26.2 Å². The molecule has 0 saturated heterocycles. The highest BCUT2D eigenvalue weighted by Gasteiger charge is 2.32. The van der Waals surface area contributed by atoms with Crippen molar-refractivity contribution >= 4 is 11.9 Å². The summed E-state index contributed by atoms with van der Waals surface area (Å²) in [6, 6.07) is 11.0. The van der Waals surface area contributed by atoms with Crippen LogP contribution >= 0.6 is 0 Å². The average Bonchev–Trinajstić information content (AvgIpc) is 2.99. The van der Waals surface area contributed by atoms with Crippen LogP contribution in [0.2, 0.25) is 0 Å². The Morgan fingerprint density at radius 1 is 0.660 bits per heavy atom. The fourth-order valence-corrected chi connectivity index (χ4v) is 4.22. The van der Waals surface area contributed by atoms with E-state index in [0.29, 0.717) is 13.0 Å².